The SMILES string of the molecule is COCCCN1CCOc2ccc(CO[C@H]3CN(C(=O)O)C(C(C)(C)C)[C@@H](OCC(O)COC)[C@@H]3c3ccc(OC)cc3)cc21. The van der Waals surface area contributed by atoms with Crippen molar-refractivity contribution in [2.24, 2.45) is 5.41 Å². The number of ether oxygens (including phenoxy) is 6. The fourth-order valence-electron chi connectivity index (χ4n) is 6.45. The third kappa shape index (κ3) is 8.80. The minimum atomic E-state index is -1.04. The number of aliphatic hydroxyl groups excluding tert-OH is 1. The van der Waals surface area contributed by atoms with Gasteiger partial charge in [0.1, 0.15) is 24.2 Å². The number of fused-ring (bicyclic) bond motifs is 1. The molecule has 4 rings (SSSR count). The molecule has 0 bridgehead atoms. The Hall–Kier alpha value is -3.09. The van der Waals surface area contributed by atoms with E-state index < -0.39 is 35.9 Å². The molecule has 0 aliphatic carbocycles. The Labute approximate surface area is 266 Å². The first-order valence-electron chi connectivity index (χ1n) is 15.6. The van der Waals surface area contributed by atoms with Crippen LogP contribution in [0.4, 0.5) is 10.5 Å². The maximum atomic E-state index is 12.7. The van der Waals surface area contributed by atoms with Gasteiger partial charge in [-0.05, 0) is 47.2 Å². The van der Waals surface area contributed by atoms with Crippen LogP contribution in [0.2, 0.25) is 0 Å². The lowest BCUT2D eigenvalue weighted by Gasteiger charge is -2.52. The van der Waals surface area contributed by atoms with Gasteiger partial charge in [0.2, 0.25) is 0 Å². The molecule has 0 spiro atoms. The molecule has 1 fully saturated rings. The Bertz CT molecular complexity index is 1220. The lowest BCUT2D eigenvalue weighted by atomic mass is 9.71. The number of aliphatic hydroxyl groups is 1. The average Bonchev–Trinajstić information content (AvgIpc) is 3.02. The molecule has 2 aromatic rings. The van der Waals surface area contributed by atoms with Crippen LogP contribution in [0.3, 0.4) is 0 Å². The van der Waals surface area contributed by atoms with Crippen molar-refractivity contribution in [3.05, 3.63) is 53.6 Å². The molecule has 45 heavy (non-hydrogen) atoms. The van der Waals surface area contributed by atoms with Gasteiger partial charge in [0, 0.05) is 33.3 Å². The van der Waals surface area contributed by atoms with Crippen molar-refractivity contribution >= 4 is 11.8 Å². The topological polar surface area (TPSA) is 119 Å². The summed E-state index contributed by atoms with van der Waals surface area (Å²) in [5.41, 5.74) is 2.43. The number of benzene rings is 2. The summed E-state index contributed by atoms with van der Waals surface area (Å²) in [4.78, 5) is 16.5. The largest absolute Gasteiger partial charge is 0.497 e. The van der Waals surface area contributed by atoms with Crippen molar-refractivity contribution in [2.75, 3.05) is 72.3 Å². The van der Waals surface area contributed by atoms with Crippen molar-refractivity contribution in [1.82, 2.24) is 4.90 Å². The smallest absolute Gasteiger partial charge is 0.407 e. The van der Waals surface area contributed by atoms with E-state index in [0.29, 0.717) is 19.0 Å². The van der Waals surface area contributed by atoms with E-state index in [1.807, 2.05) is 57.2 Å². The van der Waals surface area contributed by atoms with Crippen LogP contribution in [0.15, 0.2) is 42.5 Å². The van der Waals surface area contributed by atoms with E-state index in [-0.39, 0.29) is 32.3 Å². The first-order chi connectivity index (χ1) is 21.6. The number of anilines is 1. The van der Waals surface area contributed by atoms with Gasteiger partial charge in [-0.1, -0.05) is 39.0 Å². The molecule has 0 radical (unpaired) electrons. The zero-order valence-electron chi connectivity index (χ0n) is 27.4. The first-order valence-corrected chi connectivity index (χ1v) is 15.6. The van der Waals surface area contributed by atoms with E-state index in [2.05, 4.69) is 11.0 Å². The molecule has 2 unspecified atom stereocenters. The second kappa shape index (κ2) is 16.0. The van der Waals surface area contributed by atoms with Crippen molar-refractivity contribution < 1.29 is 43.4 Å². The second-order valence-corrected chi connectivity index (χ2v) is 12.8. The predicted octanol–water partition coefficient (Wildman–Crippen LogP) is 4.40. The molecular formula is C34H50N2O9. The minimum absolute atomic E-state index is 0.0123. The van der Waals surface area contributed by atoms with Crippen molar-refractivity contribution in [3.8, 4) is 11.5 Å². The molecular weight excluding hydrogens is 580 g/mol. The van der Waals surface area contributed by atoms with Crippen LogP contribution in [0, 0.1) is 5.41 Å². The molecule has 2 N–H and O–H groups in total. The summed E-state index contributed by atoms with van der Waals surface area (Å²) in [5.74, 6) is 1.22. The minimum Gasteiger partial charge on any atom is -0.497 e. The molecule has 0 saturated carbocycles. The Morgan fingerprint density at radius 3 is 2.44 bits per heavy atom. The Morgan fingerprint density at radius 2 is 1.80 bits per heavy atom. The van der Waals surface area contributed by atoms with Crippen LogP contribution in [-0.2, 0) is 25.6 Å². The predicted molar refractivity (Wildman–Crippen MR) is 171 cm³/mol. The van der Waals surface area contributed by atoms with Gasteiger partial charge in [-0.25, -0.2) is 4.79 Å². The van der Waals surface area contributed by atoms with Crippen LogP contribution < -0.4 is 14.4 Å². The number of likely N-dealkylation sites (tertiary alicyclic amines) is 1. The molecule has 5 atom stereocenters. The molecule has 0 aromatic heterocycles. The number of hydrogen-bond donors (Lipinski definition) is 2. The lowest BCUT2D eigenvalue weighted by molar-refractivity contribution is -0.149. The normalized spacial score (nSPS) is 22.5. The average molecular weight is 631 g/mol. The van der Waals surface area contributed by atoms with E-state index in [4.69, 9.17) is 28.4 Å². The number of methoxy groups -OCH3 is 3. The van der Waals surface area contributed by atoms with Gasteiger partial charge in [-0.15, -0.1) is 0 Å². The summed E-state index contributed by atoms with van der Waals surface area (Å²) in [6.07, 6.45) is -2.16. The Morgan fingerprint density at radius 1 is 1.04 bits per heavy atom. The fraction of sp³-hybridized carbons (Fsp3) is 0.618. The van der Waals surface area contributed by atoms with Gasteiger partial charge in [0.15, 0.2) is 0 Å². The lowest BCUT2D eigenvalue weighted by Crippen LogP contribution is -2.64. The molecule has 250 valence electrons. The van der Waals surface area contributed by atoms with E-state index in [1.54, 1.807) is 14.2 Å². The van der Waals surface area contributed by atoms with Crippen LogP contribution in [-0.4, -0.2) is 113 Å². The van der Waals surface area contributed by atoms with Crippen molar-refractivity contribution in [2.45, 2.75) is 64.1 Å². The standard InChI is InChI=1S/C34H50N2O9/c1-34(2,3)32-31(45-22-25(37)21-41-5)30(24-9-11-26(42-6)12-10-24)29(19-36(32)33(38)39)44-20-23-8-13-28-27(18-23)35(15-17-43-28)14-7-16-40-4/h8-13,18,25,29-32,37H,7,14-17,19-22H2,1-6H3,(H,38,39)/t25?,29-,30+,31-,32?/m0/s1. The highest BCUT2D eigenvalue weighted by Crippen LogP contribution is 2.43. The molecule has 2 heterocycles. The third-order valence-corrected chi connectivity index (χ3v) is 8.48. The summed E-state index contributed by atoms with van der Waals surface area (Å²) in [6, 6.07) is 13.3. The van der Waals surface area contributed by atoms with Gasteiger partial charge in [-0.2, -0.15) is 0 Å². The number of carbonyl (C=O) groups is 1. The van der Waals surface area contributed by atoms with Gasteiger partial charge < -0.3 is 43.5 Å². The Balaban J connectivity index is 1.67. The number of rotatable bonds is 14. The summed E-state index contributed by atoms with van der Waals surface area (Å²) in [5, 5.41) is 21.0. The number of hydrogen-bond acceptors (Lipinski definition) is 9. The first kappa shape index (κ1) is 34.8. The Kier molecular flexibility index (Phi) is 12.3. The zero-order chi connectivity index (χ0) is 32.6. The van der Waals surface area contributed by atoms with Crippen LogP contribution in [0.1, 0.15) is 44.2 Å². The monoisotopic (exact) mass is 630 g/mol. The highest BCUT2D eigenvalue weighted by atomic mass is 16.5. The zero-order valence-corrected chi connectivity index (χ0v) is 27.4. The maximum Gasteiger partial charge on any atom is 0.407 e. The number of carboxylic acid groups (broad SMARTS) is 1. The molecule has 2 aliphatic heterocycles. The summed E-state index contributed by atoms with van der Waals surface area (Å²) >= 11 is 0. The van der Waals surface area contributed by atoms with Crippen molar-refractivity contribution in [3.63, 3.8) is 0 Å². The quantitative estimate of drug-likeness (QED) is 0.291. The highest BCUT2D eigenvalue weighted by Gasteiger charge is 2.51. The summed E-state index contributed by atoms with van der Waals surface area (Å²) < 4.78 is 34.9. The van der Waals surface area contributed by atoms with Gasteiger partial charge in [0.25, 0.3) is 0 Å². The number of nitrogens with zero attached hydrogens (tertiary/aromatic N) is 2. The van der Waals surface area contributed by atoms with E-state index in [0.717, 1.165) is 42.1 Å². The second-order valence-electron chi connectivity index (χ2n) is 12.8. The van der Waals surface area contributed by atoms with Gasteiger partial charge in [-0.3, -0.25) is 4.90 Å². The summed E-state index contributed by atoms with van der Waals surface area (Å²) in [6.45, 7) is 9.50. The van der Waals surface area contributed by atoms with Crippen LogP contribution in [0.5, 0.6) is 11.5 Å². The van der Waals surface area contributed by atoms with E-state index in [1.165, 1.54) is 12.0 Å². The molecule has 1 saturated heterocycles. The van der Waals surface area contributed by atoms with Crippen LogP contribution in [0.25, 0.3) is 0 Å². The van der Waals surface area contributed by atoms with Crippen molar-refractivity contribution in [1.29, 1.82) is 0 Å². The van der Waals surface area contributed by atoms with Gasteiger partial charge in [0.05, 0.1) is 64.0 Å². The van der Waals surface area contributed by atoms with E-state index >= 15 is 0 Å². The molecule has 2 aromatic carbocycles. The molecule has 2 aliphatic rings. The highest BCUT2D eigenvalue weighted by molar-refractivity contribution is 5.66. The molecule has 1 amide bonds. The number of amides is 1. The molecule has 11 heteroatoms. The third-order valence-electron chi connectivity index (χ3n) is 8.48. The summed E-state index contributed by atoms with van der Waals surface area (Å²) in [7, 11) is 4.84. The number of piperidine rings is 1. The van der Waals surface area contributed by atoms with Gasteiger partial charge >= 0.3 is 6.09 Å². The molecule has 11 nitrogen and oxygen atoms in total. The van der Waals surface area contributed by atoms with E-state index in [9.17, 15) is 15.0 Å². The fourth-order valence-corrected chi connectivity index (χ4v) is 6.45. The maximum absolute atomic E-state index is 12.7. The van der Waals surface area contributed by atoms with Crippen LogP contribution >= 0.6 is 0 Å².